The molecule has 0 saturated carbocycles. The molecule has 0 aliphatic rings. The number of nitrogens with one attached hydrogen (secondary N) is 1. The van der Waals surface area contributed by atoms with Crippen LogP contribution in [0.5, 0.6) is 0 Å². The van der Waals surface area contributed by atoms with Crippen molar-refractivity contribution in [2.24, 2.45) is 0 Å². The largest absolute Gasteiger partial charge is 0.451 e. The first-order valence-corrected chi connectivity index (χ1v) is 8.10. The molecule has 1 N–H and O–H groups in total. The van der Waals surface area contributed by atoms with Gasteiger partial charge in [-0.25, -0.2) is 9.97 Å². The smallest absolute Gasteiger partial charge is 0.347 e. The number of alkyl halides is 3. The molecule has 0 atom stereocenters. The number of hydrogen-bond donors (Lipinski definition) is 1. The summed E-state index contributed by atoms with van der Waals surface area (Å²) in [4.78, 5) is 31.6. The molecule has 6 nitrogen and oxygen atoms in total. The number of hydrogen-bond acceptors (Lipinski definition) is 5. The van der Waals surface area contributed by atoms with E-state index in [1.165, 1.54) is 11.0 Å². The number of likely N-dealkylation sites (N-methyl/N-ethyl adjacent to an activating group) is 1. The standard InChI is InChI=1S/C15H15F3N4O2S/c1-22(2)12(24)7-19-11(23)8-25-13-9-5-3-4-6-10(9)20-14(21-13)15(16,17)18/h3-6H,7-8H2,1-2H3,(H,19,23). The molecule has 0 bridgehead atoms. The van der Waals surface area contributed by atoms with Gasteiger partial charge >= 0.3 is 6.18 Å². The molecule has 0 aliphatic carbocycles. The van der Waals surface area contributed by atoms with E-state index >= 15 is 0 Å². The van der Waals surface area contributed by atoms with Gasteiger partial charge in [0.2, 0.25) is 17.6 Å². The first-order chi connectivity index (χ1) is 11.7. The Bertz CT molecular complexity index is 796. The van der Waals surface area contributed by atoms with E-state index in [-0.39, 0.29) is 28.7 Å². The van der Waals surface area contributed by atoms with E-state index in [1.807, 2.05) is 0 Å². The number of carbonyl (C=O) groups is 2. The van der Waals surface area contributed by atoms with Crippen molar-refractivity contribution in [3.63, 3.8) is 0 Å². The van der Waals surface area contributed by atoms with E-state index in [2.05, 4.69) is 15.3 Å². The number of fused-ring (bicyclic) bond motifs is 1. The van der Waals surface area contributed by atoms with Gasteiger partial charge in [-0.2, -0.15) is 13.2 Å². The van der Waals surface area contributed by atoms with Gasteiger partial charge in [0.25, 0.3) is 0 Å². The molecule has 2 aromatic rings. The Kier molecular flexibility index (Phi) is 5.83. The number of rotatable bonds is 5. The van der Waals surface area contributed by atoms with Crippen molar-refractivity contribution >= 4 is 34.5 Å². The van der Waals surface area contributed by atoms with Gasteiger partial charge in [0.15, 0.2) is 0 Å². The van der Waals surface area contributed by atoms with Crippen LogP contribution in [0.4, 0.5) is 13.2 Å². The Balaban J connectivity index is 2.14. The molecule has 1 heterocycles. The molecule has 2 amide bonds. The van der Waals surface area contributed by atoms with Crippen molar-refractivity contribution in [1.82, 2.24) is 20.2 Å². The third kappa shape index (κ3) is 5.05. The van der Waals surface area contributed by atoms with Crippen molar-refractivity contribution in [2.45, 2.75) is 11.2 Å². The summed E-state index contributed by atoms with van der Waals surface area (Å²) in [6.45, 7) is -0.176. The molecule has 0 saturated heterocycles. The lowest BCUT2D eigenvalue weighted by atomic mass is 10.2. The number of nitrogens with zero attached hydrogens (tertiary/aromatic N) is 3. The minimum absolute atomic E-state index is 0.0620. The maximum absolute atomic E-state index is 12.9. The SMILES string of the molecule is CN(C)C(=O)CNC(=O)CSc1nc(C(F)(F)F)nc2ccccc12. The summed E-state index contributed by atoms with van der Waals surface area (Å²) in [5.74, 6) is -2.18. The molecule has 0 spiro atoms. The highest BCUT2D eigenvalue weighted by Gasteiger charge is 2.35. The number of halogens is 3. The summed E-state index contributed by atoms with van der Waals surface area (Å²) >= 11 is 0.860. The zero-order chi connectivity index (χ0) is 18.6. The lowest BCUT2D eigenvalue weighted by Crippen LogP contribution is -2.37. The molecule has 2 rings (SSSR count). The number of benzene rings is 1. The van der Waals surface area contributed by atoms with Crippen LogP contribution in [0.3, 0.4) is 0 Å². The predicted octanol–water partition coefficient (Wildman–Crippen LogP) is 1.95. The van der Waals surface area contributed by atoms with Gasteiger partial charge in [-0.15, -0.1) is 0 Å². The lowest BCUT2D eigenvalue weighted by molar-refractivity contribution is -0.145. The van der Waals surface area contributed by atoms with E-state index in [4.69, 9.17) is 0 Å². The number of thioether (sulfide) groups is 1. The monoisotopic (exact) mass is 372 g/mol. The van der Waals surface area contributed by atoms with Gasteiger partial charge < -0.3 is 10.2 Å². The van der Waals surface area contributed by atoms with Gasteiger partial charge in [0.1, 0.15) is 5.03 Å². The van der Waals surface area contributed by atoms with Crippen LogP contribution in [0, 0.1) is 0 Å². The summed E-state index contributed by atoms with van der Waals surface area (Å²) in [5.41, 5.74) is 0.149. The van der Waals surface area contributed by atoms with E-state index in [1.54, 1.807) is 32.3 Å². The lowest BCUT2D eigenvalue weighted by Gasteiger charge is -2.12. The van der Waals surface area contributed by atoms with Crippen LogP contribution in [0.2, 0.25) is 0 Å². The van der Waals surface area contributed by atoms with E-state index in [0.717, 1.165) is 11.8 Å². The van der Waals surface area contributed by atoms with Gasteiger partial charge in [-0.3, -0.25) is 9.59 Å². The molecular weight excluding hydrogens is 357 g/mol. The van der Waals surface area contributed by atoms with Crippen LogP contribution in [0.25, 0.3) is 10.9 Å². The molecule has 0 unspecified atom stereocenters. The number of para-hydroxylation sites is 1. The van der Waals surface area contributed by atoms with Crippen molar-refractivity contribution < 1.29 is 22.8 Å². The minimum Gasteiger partial charge on any atom is -0.347 e. The fourth-order valence-electron chi connectivity index (χ4n) is 1.80. The molecule has 134 valence electrons. The van der Waals surface area contributed by atoms with Crippen molar-refractivity contribution in [2.75, 3.05) is 26.4 Å². The summed E-state index contributed by atoms with van der Waals surface area (Å²) < 4.78 is 38.8. The van der Waals surface area contributed by atoms with Crippen molar-refractivity contribution in [1.29, 1.82) is 0 Å². The van der Waals surface area contributed by atoms with Crippen LogP contribution in [0.15, 0.2) is 29.3 Å². The molecule has 0 radical (unpaired) electrons. The summed E-state index contributed by atoms with van der Waals surface area (Å²) in [5, 5.41) is 2.90. The Labute approximate surface area is 145 Å². The molecule has 1 aromatic heterocycles. The maximum Gasteiger partial charge on any atom is 0.451 e. The first kappa shape index (κ1) is 19.0. The van der Waals surface area contributed by atoms with Crippen LogP contribution in [-0.4, -0.2) is 53.1 Å². The third-order valence-electron chi connectivity index (χ3n) is 3.10. The number of aromatic nitrogens is 2. The van der Waals surface area contributed by atoms with Gasteiger partial charge in [-0.1, -0.05) is 30.0 Å². The normalized spacial score (nSPS) is 11.4. The van der Waals surface area contributed by atoms with Gasteiger partial charge in [0.05, 0.1) is 17.8 Å². The second kappa shape index (κ2) is 7.68. The quantitative estimate of drug-likeness (QED) is 0.641. The first-order valence-electron chi connectivity index (χ1n) is 7.12. The predicted molar refractivity (Wildman–Crippen MR) is 87.0 cm³/mol. The van der Waals surface area contributed by atoms with Crippen LogP contribution >= 0.6 is 11.8 Å². The summed E-state index contributed by atoms with van der Waals surface area (Å²) in [6, 6.07) is 6.26. The topological polar surface area (TPSA) is 75.2 Å². The molecule has 0 fully saturated rings. The fourth-order valence-corrected chi connectivity index (χ4v) is 2.65. The fraction of sp³-hybridized carbons (Fsp3) is 0.333. The number of amides is 2. The Morgan fingerprint density at radius 1 is 1.20 bits per heavy atom. The summed E-state index contributed by atoms with van der Waals surface area (Å²) in [6.07, 6.45) is -4.68. The Morgan fingerprint density at radius 2 is 1.88 bits per heavy atom. The molecule has 0 aliphatic heterocycles. The van der Waals surface area contributed by atoms with Crippen molar-refractivity contribution in [3.05, 3.63) is 30.1 Å². The highest BCUT2D eigenvalue weighted by Crippen LogP contribution is 2.31. The van der Waals surface area contributed by atoms with Crippen molar-refractivity contribution in [3.8, 4) is 0 Å². The average Bonchev–Trinajstić information content (AvgIpc) is 2.56. The summed E-state index contributed by atoms with van der Waals surface area (Å²) in [7, 11) is 3.10. The minimum atomic E-state index is -4.68. The average molecular weight is 372 g/mol. The van der Waals surface area contributed by atoms with Crippen LogP contribution < -0.4 is 5.32 Å². The zero-order valence-electron chi connectivity index (χ0n) is 13.4. The zero-order valence-corrected chi connectivity index (χ0v) is 14.2. The second-order valence-corrected chi connectivity index (χ2v) is 6.18. The van der Waals surface area contributed by atoms with E-state index in [0.29, 0.717) is 5.39 Å². The number of carbonyl (C=O) groups excluding carboxylic acids is 2. The maximum atomic E-state index is 12.9. The third-order valence-corrected chi connectivity index (χ3v) is 4.09. The van der Waals surface area contributed by atoms with E-state index in [9.17, 15) is 22.8 Å². The molecule has 1 aromatic carbocycles. The van der Waals surface area contributed by atoms with E-state index < -0.39 is 17.9 Å². The van der Waals surface area contributed by atoms with Gasteiger partial charge in [0, 0.05) is 19.5 Å². The Morgan fingerprint density at radius 3 is 2.52 bits per heavy atom. The second-order valence-electron chi connectivity index (χ2n) is 5.22. The Hall–Kier alpha value is -2.36. The van der Waals surface area contributed by atoms with Crippen LogP contribution in [-0.2, 0) is 15.8 Å². The highest BCUT2D eigenvalue weighted by molar-refractivity contribution is 8.00. The van der Waals surface area contributed by atoms with Crippen LogP contribution in [0.1, 0.15) is 5.82 Å². The molecule has 10 heteroatoms. The molecular formula is C15H15F3N4O2S. The van der Waals surface area contributed by atoms with Gasteiger partial charge in [-0.05, 0) is 6.07 Å². The highest BCUT2D eigenvalue weighted by atomic mass is 32.2. The molecule has 25 heavy (non-hydrogen) atoms.